The lowest BCUT2D eigenvalue weighted by molar-refractivity contribution is -0.136. The van der Waals surface area contributed by atoms with Crippen LogP contribution in [-0.2, 0) is 14.9 Å². The van der Waals surface area contributed by atoms with Gasteiger partial charge in [0.15, 0.2) is 0 Å². The summed E-state index contributed by atoms with van der Waals surface area (Å²) in [6, 6.07) is 10.8. The van der Waals surface area contributed by atoms with Gasteiger partial charge in [-0.15, -0.1) is 0 Å². The standard InChI is InChI=1S/C21H32N2O2/c22-16-20(12-14-25-15-13-20)19(24)23-17-21(10-6-1-2-7-11-21)18-8-4-3-5-9-18/h3-5,8-9H,1-2,6-7,10-17,22H2,(H,23,24). The maximum Gasteiger partial charge on any atom is 0.227 e. The van der Waals surface area contributed by atoms with E-state index in [0.717, 1.165) is 32.2 Å². The highest BCUT2D eigenvalue weighted by Gasteiger charge is 2.40. The number of ether oxygens (including phenoxy) is 1. The molecule has 0 atom stereocenters. The van der Waals surface area contributed by atoms with E-state index < -0.39 is 5.41 Å². The predicted molar refractivity (Wildman–Crippen MR) is 100 cm³/mol. The van der Waals surface area contributed by atoms with Crippen LogP contribution in [0.15, 0.2) is 30.3 Å². The summed E-state index contributed by atoms with van der Waals surface area (Å²) in [5, 5.41) is 3.31. The van der Waals surface area contributed by atoms with Crippen molar-refractivity contribution in [2.24, 2.45) is 11.1 Å². The van der Waals surface area contributed by atoms with E-state index in [1.807, 2.05) is 0 Å². The minimum absolute atomic E-state index is 0.0639. The number of hydrogen-bond donors (Lipinski definition) is 2. The van der Waals surface area contributed by atoms with Gasteiger partial charge in [0, 0.05) is 31.7 Å². The molecule has 1 amide bonds. The van der Waals surface area contributed by atoms with E-state index in [0.29, 0.717) is 19.8 Å². The van der Waals surface area contributed by atoms with Crippen LogP contribution in [0.1, 0.15) is 56.9 Å². The Balaban J connectivity index is 1.75. The van der Waals surface area contributed by atoms with Crippen LogP contribution in [0, 0.1) is 5.41 Å². The van der Waals surface area contributed by atoms with E-state index in [9.17, 15) is 4.79 Å². The number of benzene rings is 1. The van der Waals surface area contributed by atoms with Crippen molar-refractivity contribution < 1.29 is 9.53 Å². The van der Waals surface area contributed by atoms with E-state index in [1.54, 1.807) is 0 Å². The molecule has 4 nitrogen and oxygen atoms in total. The Morgan fingerprint density at radius 1 is 1.00 bits per heavy atom. The Hall–Kier alpha value is -1.39. The molecule has 138 valence electrons. The number of hydrogen-bond acceptors (Lipinski definition) is 3. The number of carbonyl (C=O) groups is 1. The number of carbonyl (C=O) groups excluding carboxylic acids is 1. The monoisotopic (exact) mass is 344 g/mol. The number of nitrogens with two attached hydrogens (primary N) is 1. The average Bonchev–Trinajstić information content (AvgIpc) is 2.94. The largest absolute Gasteiger partial charge is 0.381 e. The Kier molecular flexibility index (Phi) is 6.13. The first kappa shape index (κ1) is 18.4. The fourth-order valence-electron chi connectivity index (χ4n) is 4.49. The van der Waals surface area contributed by atoms with Gasteiger partial charge in [0.1, 0.15) is 0 Å². The number of nitrogens with one attached hydrogen (secondary N) is 1. The first-order valence-corrected chi connectivity index (χ1v) is 9.83. The molecule has 0 unspecified atom stereocenters. The van der Waals surface area contributed by atoms with Crippen molar-refractivity contribution in [3.05, 3.63) is 35.9 Å². The minimum atomic E-state index is -0.444. The van der Waals surface area contributed by atoms with Gasteiger partial charge in [0.25, 0.3) is 0 Å². The molecule has 1 saturated heterocycles. The molecule has 1 aliphatic carbocycles. The van der Waals surface area contributed by atoms with Crippen molar-refractivity contribution in [2.75, 3.05) is 26.3 Å². The topological polar surface area (TPSA) is 64.4 Å². The zero-order chi connectivity index (χ0) is 17.6. The van der Waals surface area contributed by atoms with E-state index >= 15 is 0 Å². The van der Waals surface area contributed by atoms with E-state index in [4.69, 9.17) is 10.5 Å². The first-order chi connectivity index (χ1) is 12.2. The zero-order valence-corrected chi connectivity index (χ0v) is 15.3. The molecule has 1 heterocycles. The molecule has 4 heteroatoms. The van der Waals surface area contributed by atoms with Crippen LogP contribution >= 0.6 is 0 Å². The van der Waals surface area contributed by atoms with E-state index in [1.165, 1.54) is 31.2 Å². The lowest BCUT2D eigenvalue weighted by Crippen LogP contribution is -2.52. The molecule has 0 radical (unpaired) electrons. The fraction of sp³-hybridized carbons (Fsp3) is 0.667. The molecule has 3 N–H and O–H groups in total. The van der Waals surface area contributed by atoms with Gasteiger partial charge in [-0.1, -0.05) is 56.0 Å². The van der Waals surface area contributed by atoms with Crippen molar-refractivity contribution in [3.8, 4) is 0 Å². The molecule has 0 spiro atoms. The SMILES string of the molecule is NCC1(C(=O)NCC2(c3ccccc3)CCCCCC2)CCOCC1. The lowest BCUT2D eigenvalue weighted by atomic mass is 9.73. The third-order valence-electron chi connectivity index (χ3n) is 6.36. The highest BCUT2D eigenvalue weighted by Crippen LogP contribution is 2.38. The molecule has 25 heavy (non-hydrogen) atoms. The molecular weight excluding hydrogens is 312 g/mol. The molecule has 1 aromatic carbocycles. The first-order valence-electron chi connectivity index (χ1n) is 9.83. The Morgan fingerprint density at radius 3 is 2.24 bits per heavy atom. The second kappa shape index (κ2) is 8.33. The van der Waals surface area contributed by atoms with E-state index in [2.05, 4.69) is 35.6 Å². The van der Waals surface area contributed by atoms with Crippen LogP contribution in [0.4, 0.5) is 0 Å². The second-order valence-corrected chi connectivity index (χ2v) is 7.84. The van der Waals surface area contributed by atoms with Crippen molar-refractivity contribution in [2.45, 2.75) is 56.8 Å². The molecule has 1 aromatic rings. The van der Waals surface area contributed by atoms with Gasteiger partial charge < -0.3 is 15.8 Å². The fourth-order valence-corrected chi connectivity index (χ4v) is 4.49. The maximum atomic E-state index is 13.0. The molecule has 1 saturated carbocycles. The van der Waals surface area contributed by atoms with Gasteiger partial charge in [-0.05, 0) is 31.2 Å². The summed E-state index contributed by atoms with van der Waals surface area (Å²) >= 11 is 0. The molecule has 2 aliphatic rings. The van der Waals surface area contributed by atoms with Crippen LogP contribution in [0.3, 0.4) is 0 Å². The summed E-state index contributed by atoms with van der Waals surface area (Å²) in [4.78, 5) is 13.0. The zero-order valence-electron chi connectivity index (χ0n) is 15.3. The molecule has 0 aromatic heterocycles. The normalized spacial score (nSPS) is 22.8. The van der Waals surface area contributed by atoms with Gasteiger partial charge in [-0.3, -0.25) is 4.79 Å². The van der Waals surface area contributed by atoms with Crippen molar-refractivity contribution in [3.63, 3.8) is 0 Å². The summed E-state index contributed by atoms with van der Waals surface area (Å²) < 4.78 is 5.44. The summed E-state index contributed by atoms with van der Waals surface area (Å²) in [5.41, 5.74) is 6.99. The van der Waals surface area contributed by atoms with Gasteiger partial charge in [0.05, 0.1) is 5.41 Å². The van der Waals surface area contributed by atoms with Crippen LogP contribution < -0.4 is 11.1 Å². The number of amides is 1. The van der Waals surface area contributed by atoms with Crippen molar-refractivity contribution in [1.29, 1.82) is 0 Å². The minimum Gasteiger partial charge on any atom is -0.381 e. The third kappa shape index (κ3) is 4.06. The average molecular weight is 344 g/mol. The van der Waals surface area contributed by atoms with Crippen molar-refractivity contribution >= 4 is 5.91 Å². The highest BCUT2D eigenvalue weighted by atomic mass is 16.5. The van der Waals surface area contributed by atoms with Gasteiger partial charge in [0.2, 0.25) is 5.91 Å². The van der Waals surface area contributed by atoms with Gasteiger partial charge >= 0.3 is 0 Å². The molecule has 2 fully saturated rings. The Labute approximate surface area is 151 Å². The number of rotatable bonds is 5. The maximum absolute atomic E-state index is 13.0. The van der Waals surface area contributed by atoms with Crippen LogP contribution in [0.5, 0.6) is 0 Å². The quantitative estimate of drug-likeness (QED) is 0.807. The second-order valence-electron chi connectivity index (χ2n) is 7.84. The van der Waals surface area contributed by atoms with Crippen LogP contribution in [0.25, 0.3) is 0 Å². The molecule has 1 aliphatic heterocycles. The van der Waals surface area contributed by atoms with E-state index in [-0.39, 0.29) is 11.3 Å². The van der Waals surface area contributed by atoms with Crippen LogP contribution in [0.2, 0.25) is 0 Å². The highest BCUT2D eigenvalue weighted by molar-refractivity contribution is 5.83. The summed E-state index contributed by atoms with van der Waals surface area (Å²) in [6.45, 7) is 2.39. The smallest absolute Gasteiger partial charge is 0.227 e. The summed E-state index contributed by atoms with van der Waals surface area (Å²) in [5.74, 6) is 0.123. The third-order valence-corrected chi connectivity index (χ3v) is 6.36. The van der Waals surface area contributed by atoms with Gasteiger partial charge in [-0.2, -0.15) is 0 Å². The summed E-state index contributed by atoms with van der Waals surface area (Å²) in [7, 11) is 0. The molecular formula is C21H32N2O2. The Bertz CT molecular complexity index is 544. The predicted octanol–water partition coefficient (Wildman–Crippen LogP) is 3.15. The van der Waals surface area contributed by atoms with Gasteiger partial charge in [-0.25, -0.2) is 0 Å². The molecule has 0 bridgehead atoms. The van der Waals surface area contributed by atoms with Crippen LogP contribution in [-0.4, -0.2) is 32.2 Å². The Morgan fingerprint density at radius 2 is 1.64 bits per heavy atom. The van der Waals surface area contributed by atoms with Crippen molar-refractivity contribution in [1.82, 2.24) is 5.32 Å². The summed E-state index contributed by atoms with van der Waals surface area (Å²) in [6.07, 6.45) is 8.83. The lowest BCUT2D eigenvalue weighted by Gasteiger charge is -2.38. The molecule has 3 rings (SSSR count).